The van der Waals surface area contributed by atoms with Crippen molar-refractivity contribution in [2.75, 3.05) is 0 Å². The Balaban J connectivity index is 0.000000297. The summed E-state index contributed by atoms with van der Waals surface area (Å²) in [5.41, 5.74) is 6.62. The van der Waals surface area contributed by atoms with Gasteiger partial charge < -0.3 is 10.1 Å². The molecular formula is C41H52IrNO2-. The molecule has 3 nitrogen and oxygen atoms in total. The number of benzene rings is 3. The first-order valence-corrected chi connectivity index (χ1v) is 16.6. The minimum Gasteiger partial charge on any atom is -0.512 e. The second-order valence-electron chi connectivity index (χ2n) is 14.2. The van der Waals surface area contributed by atoms with Crippen LogP contribution in [-0.4, -0.2) is 15.9 Å². The van der Waals surface area contributed by atoms with Crippen molar-refractivity contribution in [3.63, 3.8) is 0 Å². The summed E-state index contributed by atoms with van der Waals surface area (Å²) in [4.78, 5) is 16.7. The van der Waals surface area contributed by atoms with Gasteiger partial charge in [0.2, 0.25) is 0 Å². The van der Waals surface area contributed by atoms with E-state index >= 15 is 0 Å². The zero-order valence-corrected chi connectivity index (χ0v) is 31.3. The molecule has 0 spiro atoms. The number of ketones is 1. The van der Waals surface area contributed by atoms with Gasteiger partial charge in [0.05, 0.1) is 0 Å². The van der Waals surface area contributed by atoms with Crippen molar-refractivity contribution in [2.45, 2.75) is 113 Å². The average Bonchev–Trinajstić information content (AvgIpc) is 3.01. The topological polar surface area (TPSA) is 50.2 Å². The summed E-state index contributed by atoms with van der Waals surface area (Å²) in [5.74, 6) is 0.923. The molecule has 3 aromatic carbocycles. The fourth-order valence-corrected chi connectivity index (χ4v) is 6.01. The Bertz CT molecular complexity index is 1650. The minimum absolute atomic E-state index is 0. The van der Waals surface area contributed by atoms with E-state index in [1.165, 1.54) is 76.4 Å². The summed E-state index contributed by atoms with van der Waals surface area (Å²) in [6, 6.07) is 19.6. The molecule has 1 fully saturated rings. The smallest absolute Gasteiger partial charge is 0.164 e. The first-order chi connectivity index (χ1) is 20.8. The number of nitrogens with zero attached hydrogens (tertiary/aromatic N) is 1. The molecule has 1 saturated carbocycles. The molecule has 0 amide bonds. The fourth-order valence-electron chi connectivity index (χ4n) is 6.01. The number of aliphatic hydroxyl groups is 1. The molecule has 4 aromatic rings. The molecule has 1 aliphatic carbocycles. The number of aliphatic hydroxyl groups excluding tert-OH is 1. The van der Waals surface area contributed by atoms with Gasteiger partial charge in [-0.3, -0.25) is 4.79 Å². The Kier molecular flexibility index (Phi) is 12.4. The van der Waals surface area contributed by atoms with Gasteiger partial charge in [0.25, 0.3) is 0 Å². The number of carbonyl (C=O) groups excluding carboxylic acids is 1. The van der Waals surface area contributed by atoms with Crippen LogP contribution < -0.4 is 0 Å². The molecule has 4 heteroatoms. The number of rotatable bonds is 7. The third-order valence-corrected chi connectivity index (χ3v) is 9.97. The zero-order chi connectivity index (χ0) is 32.2. The van der Waals surface area contributed by atoms with Crippen molar-refractivity contribution < 1.29 is 30.0 Å². The van der Waals surface area contributed by atoms with Crippen LogP contribution in [0.4, 0.5) is 0 Å². The molecule has 5 rings (SSSR count). The maximum atomic E-state index is 11.8. The Hall–Kier alpha value is -2.81. The van der Waals surface area contributed by atoms with Crippen molar-refractivity contribution in [2.24, 2.45) is 10.8 Å². The number of pyridine rings is 1. The number of hydrogen-bond acceptors (Lipinski definition) is 3. The average molecular weight is 783 g/mol. The van der Waals surface area contributed by atoms with Crippen LogP contribution in [-0.2, 0) is 24.9 Å². The van der Waals surface area contributed by atoms with E-state index in [-0.39, 0.29) is 42.5 Å². The summed E-state index contributed by atoms with van der Waals surface area (Å²) < 4.78 is 0. The second-order valence-corrected chi connectivity index (χ2v) is 14.2. The molecule has 243 valence electrons. The SMILES string of the molecule is CCC(C)(C)C(=O)/C=C(\O)C(C)(C)CC.Cc1[c-]c(-c2ncc(C)c3ccc4cc(C5CCCCC5)ccc4c23)cc(C)c1.[Ir]. The summed E-state index contributed by atoms with van der Waals surface area (Å²) >= 11 is 0. The number of aryl methyl sites for hydroxylation is 3. The number of fused-ring (bicyclic) bond motifs is 3. The van der Waals surface area contributed by atoms with E-state index in [1.807, 2.05) is 47.7 Å². The van der Waals surface area contributed by atoms with E-state index in [9.17, 15) is 9.90 Å². The van der Waals surface area contributed by atoms with Gasteiger partial charge in [-0.2, -0.15) is 0 Å². The monoisotopic (exact) mass is 783 g/mol. The van der Waals surface area contributed by atoms with Gasteiger partial charge in [-0.25, -0.2) is 0 Å². The number of allylic oxidation sites excluding steroid dienone is 2. The van der Waals surface area contributed by atoms with Crippen LogP contribution in [0.15, 0.2) is 60.5 Å². The van der Waals surface area contributed by atoms with Crippen LogP contribution in [0.25, 0.3) is 32.8 Å². The second kappa shape index (κ2) is 15.2. The molecule has 0 atom stereocenters. The first kappa shape index (κ1) is 36.7. The molecule has 1 heterocycles. The van der Waals surface area contributed by atoms with E-state index in [1.54, 1.807) is 0 Å². The summed E-state index contributed by atoms with van der Waals surface area (Å²) in [6.45, 7) is 18.1. The van der Waals surface area contributed by atoms with E-state index < -0.39 is 0 Å². The minimum atomic E-state index is -0.377. The van der Waals surface area contributed by atoms with Gasteiger partial charge in [-0.15, -0.1) is 34.9 Å². The number of carbonyl (C=O) groups is 1. The third-order valence-electron chi connectivity index (χ3n) is 9.97. The van der Waals surface area contributed by atoms with E-state index in [2.05, 4.69) is 69.3 Å². The maximum absolute atomic E-state index is 11.8. The van der Waals surface area contributed by atoms with Gasteiger partial charge >= 0.3 is 0 Å². The Morgan fingerprint density at radius 1 is 0.911 bits per heavy atom. The zero-order valence-electron chi connectivity index (χ0n) is 28.9. The van der Waals surface area contributed by atoms with E-state index in [4.69, 9.17) is 4.98 Å². The van der Waals surface area contributed by atoms with Crippen LogP contribution in [0.1, 0.15) is 115 Å². The molecule has 1 aromatic heterocycles. The van der Waals surface area contributed by atoms with Crippen molar-refractivity contribution in [1.82, 2.24) is 4.98 Å². The van der Waals surface area contributed by atoms with E-state index in [0.717, 1.165) is 35.6 Å². The molecule has 0 bridgehead atoms. The fraction of sp³-hybridized carbons (Fsp3) is 0.463. The standard InChI is InChI=1S/C28H28N.C13H24O2.Ir/c1-18-13-19(2)15-24(14-18)28-27-25(20(3)17-29-28)11-10-23-16-22(9-12-26(23)27)21-7-5-4-6-8-21;1-7-12(3,4)10(14)9-11(15)13(5,6)8-2;/h9-14,16-17,21H,4-8H2,1-3H3;9,14H,7-8H2,1-6H3;/q-1;;/b;10-9-;. The van der Waals surface area contributed by atoms with Gasteiger partial charge in [0, 0.05) is 43.2 Å². The molecular weight excluding hydrogens is 731 g/mol. The summed E-state index contributed by atoms with van der Waals surface area (Å²) in [7, 11) is 0. The summed E-state index contributed by atoms with van der Waals surface area (Å²) in [6.07, 6.45) is 11.8. The predicted octanol–water partition coefficient (Wildman–Crippen LogP) is 11.7. The number of hydrogen-bond donors (Lipinski definition) is 1. The predicted molar refractivity (Wildman–Crippen MR) is 187 cm³/mol. The summed E-state index contributed by atoms with van der Waals surface area (Å²) in [5, 5.41) is 15.0. The van der Waals surface area contributed by atoms with Crippen LogP contribution in [0.3, 0.4) is 0 Å². The Morgan fingerprint density at radius 2 is 1.56 bits per heavy atom. The van der Waals surface area contributed by atoms with Crippen LogP contribution in [0, 0.1) is 37.7 Å². The normalized spacial score (nSPS) is 14.6. The van der Waals surface area contributed by atoms with Crippen molar-refractivity contribution in [1.29, 1.82) is 0 Å². The van der Waals surface area contributed by atoms with Crippen molar-refractivity contribution >= 4 is 27.3 Å². The Labute approximate surface area is 285 Å². The Morgan fingerprint density at radius 3 is 2.18 bits per heavy atom. The third kappa shape index (κ3) is 8.52. The quantitative estimate of drug-likeness (QED) is 0.0879. The molecule has 1 aliphatic rings. The molecule has 0 saturated heterocycles. The van der Waals surface area contributed by atoms with Crippen LogP contribution in [0.5, 0.6) is 0 Å². The molecule has 0 unspecified atom stereocenters. The molecule has 1 radical (unpaired) electrons. The molecule has 0 aliphatic heterocycles. The van der Waals surface area contributed by atoms with Crippen LogP contribution >= 0.6 is 0 Å². The first-order valence-electron chi connectivity index (χ1n) is 16.6. The largest absolute Gasteiger partial charge is 0.512 e. The van der Waals surface area contributed by atoms with Crippen molar-refractivity contribution in [3.8, 4) is 11.3 Å². The maximum Gasteiger partial charge on any atom is 0.164 e. The number of aromatic nitrogens is 1. The van der Waals surface area contributed by atoms with Crippen LogP contribution in [0.2, 0.25) is 0 Å². The van der Waals surface area contributed by atoms with Gasteiger partial charge in [0.1, 0.15) is 5.76 Å². The van der Waals surface area contributed by atoms with Crippen molar-refractivity contribution in [3.05, 3.63) is 88.8 Å². The van der Waals surface area contributed by atoms with E-state index in [0.29, 0.717) is 0 Å². The van der Waals surface area contributed by atoms with Gasteiger partial charge in [-0.1, -0.05) is 105 Å². The molecule has 1 N–H and O–H groups in total. The molecule has 45 heavy (non-hydrogen) atoms. The van der Waals surface area contributed by atoms with Gasteiger partial charge in [0.15, 0.2) is 5.78 Å². The van der Waals surface area contributed by atoms with Gasteiger partial charge in [-0.05, 0) is 76.9 Å².